The van der Waals surface area contributed by atoms with Crippen LogP contribution in [0.3, 0.4) is 0 Å². The Bertz CT molecular complexity index is 598. The Kier molecular flexibility index (Phi) is 4.89. The minimum Gasteiger partial charge on any atom is -0.497 e. The number of rotatable bonds is 2. The number of piperazine rings is 1. The first-order valence-corrected chi connectivity index (χ1v) is 8.20. The van der Waals surface area contributed by atoms with Crippen molar-refractivity contribution >= 4 is 17.6 Å². The van der Waals surface area contributed by atoms with Crippen LogP contribution in [0.25, 0.3) is 0 Å². The van der Waals surface area contributed by atoms with E-state index in [1.807, 2.05) is 24.3 Å². The SMILES string of the molecule is COc1ccc(N2CCN(C(=O)N3CCOCC3)[C@@H](C)C2=O)cc1. The zero-order chi connectivity index (χ0) is 17.1. The minimum atomic E-state index is -0.476. The quantitative estimate of drug-likeness (QED) is 0.815. The lowest BCUT2D eigenvalue weighted by atomic mass is 10.1. The second-order valence-corrected chi connectivity index (χ2v) is 5.94. The molecule has 1 aromatic rings. The van der Waals surface area contributed by atoms with E-state index in [1.165, 1.54) is 0 Å². The molecule has 0 unspecified atom stereocenters. The molecular formula is C17H23N3O4. The topological polar surface area (TPSA) is 62.3 Å². The van der Waals surface area contributed by atoms with Gasteiger partial charge in [-0.3, -0.25) is 4.79 Å². The van der Waals surface area contributed by atoms with Gasteiger partial charge < -0.3 is 24.2 Å². The fourth-order valence-corrected chi connectivity index (χ4v) is 3.09. The molecule has 7 nitrogen and oxygen atoms in total. The van der Waals surface area contributed by atoms with E-state index in [1.54, 1.807) is 28.7 Å². The number of amides is 3. The van der Waals surface area contributed by atoms with Gasteiger partial charge in [0.1, 0.15) is 11.8 Å². The average molecular weight is 333 g/mol. The zero-order valence-electron chi connectivity index (χ0n) is 14.1. The van der Waals surface area contributed by atoms with Crippen molar-refractivity contribution in [1.29, 1.82) is 0 Å². The van der Waals surface area contributed by atoms with E-state index in [-0.39, 0.29) is 11.9 Å². The largest absolute Gasteiger partial charge is 0.497 e. The molecule has 2 aliphatic heterocycles. The Labute approximate surface area is 141 Å². The van der Waals surface area contributed by atoms with Crippen molar-refractivity contribution in [2.45, 2.75) is 13.0 Å². The van der Waals surface area contributed by atoms with Gasteiger partial charge in [0.25, 0.3) is 0 Å². The van der Waals surface area contributed by atoms with E-state index in [0.29, 0.717) is 39.4 Å². The number of benzene rings is 1. The molecule has 130 valence electrons. The van der Waals surface area contributed by atoms with E-state index in [2.05, 4.69) is 0 Å². The molecule has 1 atom stereocenters. The van der Waals surface area contributed by atoms with Crippen LogP contribution in [0.4, 0.5) is 10.5 Å². The molecule has 0 saturated carbocycles. The summed E-state index contributed by atoms with van der Waals surface area (Å²) in [6.07, 6.45) is 0. The molecule has 0 bridgehead atoms. The van der Waals surface area contributed by atoms with Crippen molar-refractivity contribution in [3.8, 4) is 5.75 Å². The molecule has 3 rings (SSSR count). The van der Waals surface area contributed by atoms with Gasteiger partial charge in [0.15, 0.2) is 0 Å². The van der Waals surface area contributed by atoms with Crippen LogP contribution in [0.15, 0.2) is 24.3 Å². The molecular weight excluding hydrogens is 310 g/mol. The highest BCUT2D eigenvalue weighted by Crippen LogP contribution is 2.23. The van der Waals surface area contributed by atoms with Gasteiger partial charge >= 0.3 is 6.03 Å². The van der Waals surface area contributed by atoms with Crippen LogP contribution in [-0.4, -0.2) is 74.3 Å². The second kappa shape index (κ2) is 7.09. The molecule has 7 heteroatoms. The second-order valence-electron chi connectivity index (χ2n) is 5.94. The van der Waals surface area contributed by atoms with Gasteiger partial charge in [0.2, 0.25) is 5.91 Å². The number of ether oxygens (including phenoxy) is 2. The van der Waals surface area contributed by atoms with Gasteiger partial charge in [-0.05, 0) is 31.2 Å². The predicted octanol–water partition coefficient (Wildman–Crippen LogP) is 1.18. The van der Waals surface area contributed by atoms with Crippen LogP contribution in [0.1, 0.15) is 6.92 Å². The van der Waals surface area contributed by atoms with Crippen LogP contribution < -0.4 is 9.64 Å². The molecule has 0 N–H and O–H groups in total. The molecule has 0 radical (unpaired) electrons. The summed E-state index contributed by atoms with van der Waals surface area (Å²) in [6.45, 7) is 5.08. The van der Waals surface area contributed by atoms with E-state index in [0.717, 1.165) is 11.4 Å². The van der Waals surface area contributed by atoms with Crippen LogP contribution >= 0.6 is 0 Å². The van der Waals surface area contributed by atoms with Crippen LogP contribution in [-0.2, 0) is 9.53 Å². The minimum absolute atomic E-state index is 0.0620. The molecule has 2 heterocycles. The third kappa shape index (κ3) is 3.17. The monoisotopic (exact) mass is 333 g/mol. The highest BCUT2D eigenvalue weighted by Gasteiger charge is 2.37. The Hall–Kier alpha value is -2.28. The number of carbonyl (C=O) groups excluding carboxylic acids is 2. The summed E-state index contributed by atoms with van der Waals surface area (Å²) in [5.41, 5.74) is 0.825. The summed E-state index contributed by atoms with van der Waals surface area (Å²) in [6, 6.07) is 6.84. The van der Waals surface area contributed by atoms with Gasteiger partial charge in [-0.25, -0.2) is 4.79 Å². The van der Waals surface area contributed by atoms with E-state index >= 15 is 0 Å². The fourth-order valence-electron chi connectivity index (χ4n) is 3.09. The summed E-state index contributed by atoms with van der Waals surface area (Å²) in [4.78, 5) is 30.5. The van der Waals surface area contributed by atoms with E-state index in [9.17, 15) is 9.59 Å². The lowest BCUT2D eigenvalue weighted by molar-refractivity contribution is -0.124. The number of anilines is 1. The lowest BCUT2D eigenvalue weighted by Gasteiger charge is -2.41. The number of morpholine rings is 1. The van der Waals surface area contributed by atoms with Gasteiger partial charge in [-0.2, -0.15) is 0 Å². The Morgan fingerprint density at radius 3 is 2.42 bits per heavy atom. The maximum Gasteiger partial charge on any atom is 0.320 e. The number of nitrogens with zero attached hydrogens (tertiary/aromatic N) is 3. The van der Waals surface area contributed by atoms with Crippen LogP contribution in [0.2, 0.25) is 0 Å². The molecule has 24 heavy (non-hydrogen) atoms. The maximum absolute atomic E-state index is 12.7. The van der Waals surface area contributed by atoms with Crippen molar-refractivity contribution in [3.05, 3.63) is 24.3 Å². The summed E-state index contributed by atoms with van der Waals surface area (Å²) >= 11 is 0. The smallest absolute Gasteiger partial charge is 0.320 e. The first kappa shape index (κ1) is 16.6. The van der Waals surface area contributed by atoms with Gasteiger partial charge in [-0.15, -0.1) is 0 Å². The first-order chi connectivity index (χ1) is 11.6. The fraction of sp³-hybridized carbons (Fsp3) is 0.529. The summed E-state index contributed by atoms with van der Waals surface area (Å²) in [7, 11) is 1.61. The summed E-state index contributed by atoms with van der Waals surface area (Å²) < 4.78 is 10.4. The van der Waals surface area contributed by atoms with Crippen LogP contribution in [0.5, 0.6) is 5.75 Å². The lowest BCUT2D eigenvalue weighted by Crippen LogP contribution is -2.61. The number of hydrogen-bond donors (Lipinski definition) is 0. The Morgan fingerprint density at radius 2 is 1.79 bits per heavy atom. The first-order valence-electron chi connectivity index (χ1n) is 8.20. The van der Waals surface area contributed by atoms with Crippen molar-refractivity contribution in [1.82, 2.24) is 9.80 Å². The highest BCUT2D eigenvalue weighted by molar-refractivity contribution is 6.00. The summed E-state index contributed by atoms with van der Waals surface area (Å²) in [5, 5.41) is 0. The molecule has 0 spiro atoms. The summed E-state index contributed by atoms with van der Waals surface area (Å²) in [5.74, 6) is 0.688. The maximum atomic E-state index is 12.7. The number of urea groups is 1. The van der Waals surface area contributed by atoms with E-state index < -0.39 is 6.04 Å². The normalized spacial score (nSPS) is 21.8. The highest BCUT2D eigenvalue weighted by atomic mass is 16.5. The van der Waals surface area contributed by atoms with Crippen molar-refractivity contribution in [2.75, 3.05) is 51.4 Å². The predicted molar refractivity (Wildman–Crippen MR) is 89.3 cm³/mol. The van der Waals surface area contributed by atoms with Gasteiger partial charge in [0, 0.05) is 31.9 Å². The third-order valence-electron chi connectivity index (χ3n) is 4.57. The van der Waals surface area contributed by atoms with Gasteiger partial charge in [-0.1, -0.05) is 0 Å². The molecule has 2 aliphatic rings. The van der Waals surface area contributed by atoms with Crippen molar-refractivity contribution < 1.29 is 19.1 Å². The molecule has 0 aliphatic carbocycles. The van der Waals surface area contributed by atoms with Crippen molar-refractivity contribution in [2.24, 2.45) is 0 Å². The Morgan fingerprint density at radius 1 is 1.12 bits per heavy atom. The number of hydrogen-bond acceptors (Lipinski definition) is 4. The third-order valence-corrected chi connectivity index (χ3v) is 4.57. The molecule has 1 aromatic carbocycles. The van der Waals surface area contributed by atoms with E-state index in [4.69, 9.17) is 9.47 Å². The molecule has 2 fully saturated rings. The number of carbonyl (C=O) groups is 2. The van der Waals surface area contributed by atoms with Crippen molar-refractivity contribution in [3.63, 3.8) is 0 Å². The standard InChI is InChI=1S/C17H23N3O4/c1-13-16(21)20(14-3-5-15(23-2)6-4-14)8-7-19(13)17(22)18-9-11-24-12-10-18/h3-6,13H,7-12H2,1-2H3/t13-/m0/s1. The average Bonchev–Trinajstić information content (AvgIpc) is 2.64. The van der Waals surface area contributed by atoms with Crippen LogP contribution in [0, 0.1) is 0 Å². The molecule has 3 amide bonds. The zero-order valence-corrected chi connectivity index (χ0v) is 14.1. The number of methoxy groups -OCH3 is 1. The molecule has 2 saturated heterocycles. The Balaban J connectivity index is 1.69. The van der Waals surface area contributed by atoms with Gasteiger partial charge in [0.05, 0.1) is 20.3 Å². The molecule has 0 aromatic heterocycles.